The highest BCUT2D eigenvalue weighted by molar-refractivity contribution is 4.98. The van der Waals surface area contributed by atoms with Gasteiger partial charge in [-0.2, -0.15) is 0 Å². The molecule has 0 radical (unpaired) electrons. The molecule has 0 atom stereocenters. The van der Waals surface area contributed by atoms with Crippen LogP contribution >= 0.6 is 0 Å². The van der Waals surface area contributed by atoms with Crippen molar-refractivity contribution in [2.75, 3.05) is 33.4 Å². The SMILES string of the molecule is COCCN1CC2(CCC(OC(C)C)CC2)C1. The average Bonchev–Trinajstić information content (AvgIpc) is 2.25. The molecule has 1 aliphatic carbocycles. The first-order valence-corrected chi connectivity index (χ1v) is 7.00. The Kier molecular flexibility index (Phi) is 4.45. The summed E-state index contributed by atoms with van der Waals surface area (Å²) in [7, 11) is 1.78. The molecule has 2 fully saturated rings. The van der Waals surface area contributed by atoms with E-state index in [4.69, 9.17) is 9.47 Å². The monoisotopic (exact) mass is 241 g/mol. The Hall–Kier alpha value is -0.120. The first kappa shape index (κ1) is 13.3. The normalized spacial score (nSPS) is 25.4. The number of nitrogens with zero attached hydrogens (tertiary/aromatic N) is 1. The Bertz CT molecular complexity index is 226. The van der Waals surface area contributed by atoms with Crippen molar-refractivity contribution in [1.29, 1.82) is 0 Å². The highest BCUT2D eigenvalue weighted by Crippen LogP contribution is 2.44. The molecule has 3 nitrogen and oxygen atoms in total. The van der Waals surface area contributed by atoms with E-state index >= 15 is 0 Å². The Balaban J connectivity index is 1.66. The molecular formula is C14H27NO2. The predicted octanol–water partition coefficient (Wildman–Crippen LogP) is 2.30. The van der Waals surface area contributed by atoms with Crippen molar-refractivity contribution < 1.29 is 9.47 Å². The molecule has 1 saturated heterocycles. The summed E-state index contributed by atoms with van der Waals surface area (Å²) in [5.74, 6) is 0. The lowest BCUT2D eigenvalue weighted by atomic mass is 9.68. The summed E-state index contributed by atoms with van der Waals surface area (Å²) >= 11 is 0. The number of rotatable bonds is 5. The summed E-state index contributed by atoms with van der Waals surface area (Å²) in [5, 5.41) is 0. The van der Waals surface area contributed by atoms with E-state index in [1.54, 1.807) is 7.11 Å². The molecule has 1 spiro atoms. The minimum Gasteiger partial charge on any atom is -0.383 e. The first-order valence-electron chi connectivity index (χ1n) is 7.00. The van der Waals surface area contributed by atoms with E-state index in [9.17, 15) is 0 Å². The van der Waals surface area contributed by atoms with Crippen LogP contribution in [-0.4, -0.2) is 50.5 Å². The van der Waals surface area contributed by atoms with E-state index in [2.05, 4.69) is 18.7 Å². The predicted molar refractivity (Wildman–Crippen MR) is 69.2 cm³/mol. The van der Waals surface area contributed by atoms with E-state index in [0.717, 1.165) is 13.2 Å². The highest BCUT2D eigenvalue weighted by Gasteiger charge is 2.44. The van der Waals surface area contributed by atoms with Crippen LogP contribution < -0.4 is 0 Å². The maximum Gasteiger partial charge on any atom is 0.0589 e. The maximum atomic E-state index is 5.91. The van der Waals surface area contributed by atoms with Gasteiger partial charge in [0.1, 0.15) is 0 Å². The zero-order chi connectivity index (χ0) is 12.3. The van der Waals surface area contributed by atoms with Gasteiger partial charge < -0.3 is 9.47 Å². The van der Waals surface area contributed by atoms with E-state index < -0.39 is 0 Å². The number of hydrogen-bond acceptors (Lipinski definition) is 3. The van der Waals surface area contributed by atoms with Crippen LogP contribution in [-0.2, 0) is 9.47 Å². The molecule has 1 heterocycles. The van der Waals surface area contributed by atoms with Gasteiger partial charge in [0.25, 0.3) is 0 Å². The van der Waals surface area contributed by atoms with Crippen LogP contribution in [0.3, 0.4) is 0 Å². The molecule has 1 aliphatic heterocycles. The molecule has 2 rings (SSSR count). The third-order valence-electron chi connectivity index (χ3n) is 4.19. The minimum atomic E-state index is 0.383. The second kappa shape index (κ2) is 5.68. The summed E-state index contributed by atoms with van der Waals surface area (Å²) in [6.45, 7) is 8.81. The van der Waals surface area contributed by atoms with Crippen molar-refractivity contribution >= 4 is 0 Å². The van der Waals surface area contributed by atoms with Crippen LogP contribution in [0.25, 0.3) is 0 Å². The smallest absolute Gasteiger partial charge is 0.0589 e. The van der Waals surface area contributed by atoms with Crippen LogP contribution in [0.5, 0.6) is 0 Å². The number of ether oxygens (including phenoxy) is 2. The summed E-state index contributed by atoms with van der Waals surface area (Å²) < 4.78 is 11.0. The van der Waals surface area contributed by atoms with E-state index in [0.29, 0.717) is 17.6 Å². The highest BCUT2D eigenvalue weighted by atomic mass is 16.5. The fourth-order valence-corrected chi connectivity index (χ4v) is 3.32. The Morgan fingerprint density at radius 3 is 2.41 bits per heavy atom. The van der Waals surface area contributed by atoms with Crippen molar-refractivity contribution in [3.63, 3.8) is 0 Å². The lowest BCUT2D eigenvalue weighted by Crippen LogP contribution is -2.58. The van der Waals surface area contributed by atoms with Crippen LogP contribution in [0.15, 0.2) is 0 Å². The molecule has 0 amide bonds. The molecule has 0 bridgehead atoms. The molecule has 100 valence electrons. The Morgan fingerprint density at radius 1 is 1.24 bits per heavy atom. The van der Waals surface area contributed by atoms with Crippen molar-refractivity contribution in [2.45, 2.75) is 51.7 Å². The fraction of sp³-hybridized carbons (Fsp3) is 1.00. The molecule has 17 heavy (non-hydrogen) atoms. The zero-order valence-electron chi connectivity index (χ0n) is 11.6. The molecule has 0 unspecified atom stereocenters. The lowest BCUT2D eigenvalue weighted by Gasteiger charge is -2.53. The largest absolute Gasteiger partial charge is 0.383 e. The molecule has 0 aromatic carbocycles. The lowest BCUT2D eigenvalue weighted by molar-refractivity contribution is -0.0871. The van der Waals surface area contributed by atoms with Crippen molar-refractivity contribution in [3.05, 3.63) is 0 Å². The van der Waals surface area contributed by atoms with E-state index in [1.165, 1.54) is 38.8 Å². The molecule has 1 saturated carbocycles. The standard InChI is InChI=1S/C14H27NO2/c1-12(2)17-13-4-6-14(7-5-13)10-15(11-14)8-9-16-3/h12-13H,4-11H2,1-3H3. The Labute approximate surface area is 105 Å². The van der Waals surface area contributed by atoms with Crippen molar-refractivity contribution in [1.82, 2.24) is 4.90 Å². The van der Waals surface area contributed by atoms with Crippen molar-refractivity contribution in [3.8, 4) is 0 Å². The van der Waals surface area contributed by atoms with Gasteiger partial charge in [-0.25, -0.2) is 0 Å². The molecule has 0 aromatic heterocycles. The van der Waals surface area contributed by atoms with Gasteiger partial charge in [-0.15, -0.1) is 0 Å². The number of likely N-dealkylation sites (tertiary alicyclic amines) is 1. The van der Waals surface area contributed by atoms with Crippen molar-refractivity contribution in [2.24, 2.45) is 5.41 Å². The van der Waals surface area contributed by atoms with Gasteiger partial charge in [-0.3, -0.25) is 4.90 Å². The molecule has 0 aromatic rings. The van der Waals surface area contributed by atoms with Gasteiger partial charge in [0, 0.05) is 26.7 Å². The molecule has 3 heteroatoms. The van der Waals surface area contributed by atoms with Gasteiger partial charge in [-0.05, 0) is 44.9 Å². The maximum absolute atomic E-state index is 5.91. The minimum absolute atomic E-state index is 0.383. The number of hydrogen-bond donors (Lipinski definition) is 0. The fourth-order valence-electron chi connectivity index (χ4n) is 3.32. The third kappa shape index (κ3) is 3.43. The van der Waals surface area contributed by atoms with Crippen LogP contribution in [0.2, 0.25) is 0 Å². The van der Waals surface area contributed by atoms with Gasteiger partial charge in [0.05, 0.1) is 18.8 Å². The second-order valence-electron chi connectivity index (χ2n) is 6.09. The molecule has 0 N–H and O–H groups in total. The zero-order valence-corrected chi connectivity index (χ0v) is 11.6. The second-order valence-corrected chi connectivity index (χ2v) is 6.09. The van der Waals surface area contributed by atoms with E-state index in [1.807, 2.05) is 0 Å². The summed E-state index contributed by atoms with van der Waals surface area (Å²) in [6.07, 6.45) is 6.14. The quantitative estimate of drug-likeness (QED) is 0.737. The van der Waals surface area contributed by atoms with Gasteiger partial charge in [0.2, 0.25) is 0 Å². The summed E-state index contributed by atoms with van der Waals surface area (Å²) in [4.78, 5) is 2.52. The number of methoxy groups -OCH3 is 1. The van der Waals surface area contributed by atoms with Crippen LogP contribution in [0, 0.1) is 5.41 Å². The molecular weight excluding hydrogens is 214 g/mol. The summed E-state index contributed by atoms with van der Waals surface area (Å²) in [6, 6.07) is 0. The van der Waals surface area contributed by atoms with Crippen LogP contribution in [0.4, 0.5) is 0 Å². The average molecular weight is 241 g/mol. The van der Waals surface area contributed by atoms with Gasteiger partial charge >= 0.3 is 0 Å². The van der Waals surface area contributed by atoms with Gasteiger partial charge in [0.15, 0.2) is 0 Å². The summed E-state index contributed by atoms with van der Waals surface area (Å²) in [5.41, 5.74) is 0.630. The first-order chi connectivity index (χ1) is 8.13. The molecule has 2 aliphatic rings. The van der Waals surface area contributed by atoms with Gasteiger partial charge in [-0.1, -0.05) is 0 Å². The topological polar surface area (TPSA) is 21.7 Å². The van der Waals surface area contributed by atoms with E-state index in [-0.39, 0.29) is 0 Å². The Morgan fingerprint density at radius 2 is 1.88 bits per heavy atom. The van der Waals surface area contributed by atoms with Crippen LogP contribution in [0.1, 0.15) is 39.5 Å². The third-order valence-corrected chi connectivity index (χ3v) is 4.19.